The van der Waals surface area contributed by atoms with Crippen molar-refractivity contribution in [2.45, 2.75) is 432 Å². The Morgan fingerprint density at radius 1 is 0.278 bits per heavy atom. The summed E-state index contributed by atoms with van der Waals surface area (Å²) in [5.41, 5.74) is 0. The predicted molar refractivity (Wildman–Crippen MR) is 395 cm³/mol. The van der Waals surface area contributed by atoms with Gasteiger partial charge in [-0.2, -0.15) is 0 Å². The third-order valence-corrected chi connectivity index (χ3v) is 20.2. The van der Waals surface area contributed by atoms with E-state index in [0.29, 0.717) is 25.7 Å². The van der Waals surface area contributed by atoms with Crippen molar-refractivity contribution in [2.75, 3.05) is 39.6 Å². The minimum Gasteiger partial charge on any atom is -0.462 e. The maximum atomic E-state index is 13.1. The molecule has 0 heterocycles. The van der Waals surface area contributed by atoms with E-state index in [2.05, 4.69) is 34.6 Å². The first kappa shape index (κ1) is 95.1. The topological polar surface area (TPSA) is 237 Å². The summed E-state index contributed by atoms with van der Waals surface area (Å²) in [7, 11) is -9.91. The number of aliphatic hydroxyl groups is 1. The van der Waals surface area contributed by atoms with E-state index in [9.17, 15) is 43.2 Å². The van der Waals surface area contributed by atoms with Gasteiger partial charge in [0.15, 0.2) is 12.2 Å². The van der Waals surface area contributed by atoms with Gasteiger partial charge in [-0.15, -0.1) is 0 Å². The van der Waals surface area contributed by atoms with Gasteiger partial charge in [-0.1, -0.05) is 362 Å². The van der Waals surface area contributed by atoms with E-state index < -0.39 is 97.5 Å². The highest BCUT2D eigenvalue weighted by atomic mass is 31.2. The summed E-state index contributed by atoms with van der Waals surface area (Å²) >= 11 is 0. The molecule has 97 heavy (non-hydrogen) atoms. The second kappa shape index (κ2) is 71.1. The molecule has 0 aliphatic carbocycles. The highest BCUT2D eigenvalue weighted by molar-refractivity contribution is 7.47. The van der Waals surface area contributed by atoms with Gasteiger partial charge >= 0.3 is 39.5 Å². The van der Waals surface area contributed by atoms with Crippen molar-refractivity contribution in [1.82, 2.24) is 0 Å². The van der Waals surface area contributed by atoms with Gasteiger partial charge in [0.2, 0.25) is 0 Å². The number of carbonyl (C=O) groups excluding carboxylic acids is 4. The summed E-state index contributed by atoms with van der Waals surface area (Å²) < 4.78 is 68.6. The van der Waals surface area contributed by atoms with Crippen molar-refractivity contribution < 1.29 is 80.2 Å². The quantitative estimate of drug-likeness (QED) is 0.0222. The fourth-order valence-electron chi connectivity index (χ4n) is 12.1. The maximum absolute atomic E-state index is 13.1. The zero-order chi connectivity index (χ0) is 71.2. The molecule has 0 radical (unpaired) electrons. The van der Waals surface area contributed by atoms with Crippen LogP contribution in [0.25, 0.3) is 0 Å². The second-order valence-corrected chi connectivity index (χ2v) is 31.5. The Balaban J connectivity index is 5.23. The molecular formula is C78H152O17P2. The zero-order valence-corrected chi connectivity index (χ0v) is 65.0. The number of unbranched alkanes of at least 4 members (excludes halogenated alkanes) is 50. The number of phosphoric ester groups is 2. The standard InChI is InChI=1S/C78H152O17P2/c1-6-9-12-15-18-21-24-26-33-37-42-47-52-57-62-76(81)89-68-74(95-78(83)64-59-54-49-44-39-35-31-29-28-30-32-36-40-45-50-55-60-71(4)5)70-93-97(86,87)91-66-72(79)65-90-96(84,85)92-69-73(67-88-75(80)61-56-51-46-41-23-20-17-14-11-8-3)94-77(82)63-58-53-48-43-38-34-27-25-22-19-16-13-10-7-2/h71-74,79H,6-70H2,1-5H3,(H,84,85)(H,86,87)/t72-,73+,74+/m0/s1. The maximum Gasteiger partial charge on any atom is 0.472 e. The molecule has 5 atom stereocenters. The number of carbonyl (C=O) groups is 4. The summed E-state index contributed by atoms with van der Waals surface area (Å²) in [5.74, 6) is -1.30. The van der Waals surface area contributed by atoms with Gasteiger partial charge in [-0.25, -0.2) is 9.13 Å². The van der Waals surface area contributed by atoms with Gasteiger partial charge in [-0.3, -0.25) is 37.3 Å². The van der Waals surface area contributed by atoms with Crippen LogP contribution in [-0.2, 0) is 65.4 Å². The molecule has 2 unspecified atom stereocenters. The largest absolute Gasteiger partial charge is 0.472 e. The average molecular weight is 1420 g/mol. The van der Waals surface area contributed by atoms with E-state index in [4.69, 9.17) is 37.0 Å². The van der Waals surface area contributed by atoms with Gasteiger partial charge in [-0.05, 0) is 31.6 Å². The molecule has 0 saturated heterocycles. The fraction of sp³-hybridized carbons (Fsp3) is 0.949. The van der Waals surface area contributed by atoms with Crippen LogP contribution in [-0.4, -0.2) is 96.7 Å². The number of ether oxygens (including phenoxy) is 4. The number of esters is 4. The Morgan fingerprint density at radius 3 is 0.701 bits per heavy atom. The lowest BCUT2D eigenvalue weighted by atomic mass is 10.0. The van der Waals surface area contributed by atoms with E-state index in [1.807, 2.05) is 0 Å². The van der Waals surface area contributed by atoms with Crippen LogP contribution >= 0.6 is 15.6 Å². The molecule has 0 spiro atoms. The van der Waals surface area contributed by atoms with Crippen LogP contribution in [0.2, 0.25) is 0 Å². The fourth-order valence-corrected chi connectivity index (χ4v) is 13.6. The molecule has 0 aliphatic rings. The summed E-state index contributed by atoms with van der Waals surface area (Å²) in [5, 5.41) is 10.6. The lowest BCUT2D eigenvalue weighted by Gasteiger charge is -2.21. The minimum absolute atomic E-state index is 0.108. The van der Waals surface area contributed by atoms with Crippen molar-refractivity contribution in [3.8, 4) is 0 Å². The van der Waals surface area contributed by atoms with Crippen LogP contribution in [0.4, 0.5) is 0 Å². The van der Waals surface area contributed by atoms with E-state index in [1.165, 1.54) is 238 Å². The Labute approximate surface area is 594 Å². The number of hydrogen-bond donors (Lipinski definition) is 3. The number of rotatable bonds is 78. The zero-order valence-electron chi connectivity index (χ0n) is 63.2. The smallest absolute Gasteiger partial charge is 0.462 e. The molecule has 0 fully saturated rings. The van der Waals surface area contributed by atoms with Gasteiger partial charge < -0.3 is 33.8 Å². The predicted octanol–water partition coefficient (Wildman–Crippen LogP) is 23.3. The average Bonchev–Trinajstić information content (AvgIpc) is 2.30. The third-order valence-electron chi connectivity index (χ3n) is 18.3. The van der Waals surface area contributed by atoms with Crippen LogP contribution in [0.5, 0.6) is 0 Å². The van der Waals surface area contributed by atoms with Crippen LogP contribution in [0.15, 0.2) is 0 Å². The first-order chi connectivity index (χ1) is 47.0. The van der Waals surface area contributed by atoms with Gasteiger partial charge in [0.1, 0.15) is 19.3 Å². The Morgan fingerprint density at radius 2 is 0.474 bits per heavy atom. The molecule has 0 bridgehead atoms. The lowest BCUT2D eigenvalue weighted by molar-refractivity contribution is -0.161. The van der Waals surface area contributed by atoms with Crippen LogP contribution in [0, 0.1) is 5.92 Å². The highest BCUT2D eigenvalue weighted by Gasteiger charge is 2.30. The normalized spacial score (nSPS) is 13.9. The molecule has 17 nitrogen and oxygen atoms in total. The van der Waals surface area contributed by atoms with Gasteiger partial charge in [0.05, 0.1) is 26.4 Å². The molecule has 0 aliphatic heterocycles. The van der Waals surface area contributed by atoms with E-state index in [-0.39, 0.29) is 25.7 Å². The molecule has 0 amide bonds. The van der Waals surface area contributed by atoms with Crippen molar-refractivity contribution in [3.05, 3.63) is 0 Å². The minimum atomic E-state index is -4.96. The molecule has 0 aromatic heterocycles. The van der Waals surface area contributed by atoms with Crippen molar-refractivity contribution in [3.63, 3.8) is 0 Å². The lowest BCUT2D eigenvalue weighted by Crippen LogP contribution is -2.30. The molecule has 19 heteroatoms. The monoisotopic (exact) mass is 1420 g/mol. The van der Waals surface area contributed by atoms with Crippen molar-refractivity contribution >= 4 is 39.5 Å². The van der Waals surface area contributed by atoms with Crippen molar-refractivity contribution in [1.29, 1.82) is 0 Å². The summed E-state index contributed by atoms with van der Waals surface area (Å²) in [4.78, 5) is 72.9. The summed E-state index contributed by atoms with van der Waals surface area (Å²) in [6, 6.07) is 0. The number of hydrogen-bond acceptors (Lipinski definition) is 15. The first-order valence-corrected chi connectivity index (χ1v) is 43.6. The van der Waals surface area contributed by atoms with Crippen LogP contribution in [0.3, 0.4) is 0 Å². The van der Waals surface area contributed by atoms with Crippen LogP contribution < -0.4 is 0 Å². The molecule has 0 aromatic rings. The van der Waals surface area contributed by atoms with Crippen LogP contribution in [0.1, 0.15) is 413 Å². The number of aliphatic hydroxyl groups excluding tert-OH is 1. The van der Waals surface area contributed by atoms with Gasteiger partial charge in [0, 0.05) is 25.7 Å². The molecule has 0 rings (SSSR count). The Hall–Kier alpha value is -1.94. The third kappa shape index (κ3) is 72.2. The molecule has 576 valence electrons. The van der Waals surface area contributed by atoms with Crippen molar-refractivity contribution in [2.24, 2.45) is 5.92 Å². The molecule has 0 saturated carbocycles. The van der Waals surface area contributed by atoms with E-state index in [1.54, 1.807) is 0 Å². The van der Waals surface area contributed by atoms with E-state index >= 15 is 0 Å². The SMILES string of the molecule is CCCCCCCCCCCCCCCCC(=O)OC[C@H](COP(=O)(O)OC[C@@H](O)COP(=O)(O)OC[C@@H](COC(=O)CCCCCCCCCCCC)OC(=O)CCCCCCCCCCCCCCCC)OC(=O)CCCCCCCCCCCCCCCCCCC(C)C. The molecular weight excluding hydrogens is 1270 g/mol. The first-order valence-electron chi connectivity index (χ1n) is 40.6. The van der Waals surface area contributed by atoms with Gasteiger partial charge in [0.25, 0.3) is 0 Å². The molecule has 0 aromatic carbocycles. The number of phosphoric acid groups is 2. The molecule has 3 N–H and O–H groups in total. The summed E-state index contributed by atoms with van der Waals surface area (Å²) in [6.45, 7) is 7.34. The second-order valence-electron chi connectivity index (χ2n) is 28.6. The Kier molecular flexibility index (Phi) is 69.6. The van der Waals surface area contributed by atoms with E-state index in [0.717, 1.165) is 95.8 Å². The Bertz CT molecular complexity index is 1860. The highest BCUT2D eigenvalue weighted by Crippen LogP contribution is 2.45. The summed E-state index contributed by atoms with van der Waals surface area (Å²) in [6.07, 6.45) is 60.9.